The Labute approximate surface area is 157 Å². The Hall–Kier alpha value is 0.418. The van der Waals surface area contributed by atoms with Crippen LogP contribution < -0.4 is 4.74 Å². The predicted octanol–water partition coefficient (Wildman–Crippen LogP) is 5.98. The Morgan fingerprint density at radius 3 is 1.96 bits per heavy atom. The molecule has 0 atom stereocenters. The Morgan fingerprint density at radius 1 is 0.958 bits per heavy atom. The molecule has 1 aromatic rings. The molecule has 1 nitrogen and oxygen atoms in total. The van der Waals surface area contributed by atoms with Crippen molar-refractivity contribution in [1.82, 2.24) is 0 Å². The molecule has 0 saturated carbocycles. The normalized spacial score (nSPS) is 17.2. The van der Waals surface area contributed by atoms with Crippen LogP contribution in [0.25, 0.3) is 0 Å². The standard InChI is InChI=1S/C13H15O.2C3H9P.ClH.Pt/c1-3-5-6-11-14-13-9-7-12(4-2)8-10-13;2*1-4(2)3;;/h7-10H,3,5-6,11H2,1H3;2*1-3H3;1H;/q;;;;-1/p+1. The summed E-state index contributed by atoms with van der Waals surface area (Å²) in [6.07, 6.45) is 3.56. The Morgan fingerprint density at radius 2 is 1.50 bits per heavy atom. The summed E-state index contributed by atoms with van der Waals surface area (Å²) >= 11 is -2.53. The van der Waals surface area contributed by atoms with Crippen LogP contribution in [-0.2, 0) is 14.0 Å². The molecule has 0 radical (unpaired) electrons. The molecule has 0 aliphatic carbocycles. The second-order valence-electron chi connectivity index (χ2n) is 7.65. The van der Waals surface area contributed by atoms with Crippen LogP contribution in [0.2, 0.25) is 0 Å². The van der Waals surface area contributed by atoms with Crippen LogP contribution >= 0.6 is 20.1 Å². The number of rotatable bonds is 7. The summed E-state index contributed by atoms with van der Waals surface area (Å²) in [6, 6.07) is 8.19. The minimum absolute atomic E-state index is 0.796. The summed E-state index contributed by atoms with van der Waals surface area (Å²) in [5.41, 5.74) is 1.06. The van der Waals surface area contributed by atoms with E-state index in [1.54, 1.807) is 0 Å². The van der Waals surface area contributed by atoms with Gasteiger partial charge in [0.1, 0.15) is 0 Å². The summed E-state index contributed by atoms with van der Waals surface area (Å²) in [5.74, 6) is 4.35. The quantitative estimate of drug-likeness (QED) is 0.222. The second kappa shape index (κ2) is 9.38. The average molecular weight is 572 g/mol. The molecule has 1 aromatic carbocycles. The topological polar surface area (TPSA) is 9.23 Å². The van der Waals surface area contributed by atoms with Crippen LogP contribution in [0.15, 0.2) is 24.3 Å². The molecule has 0 saturated heterocycles. The number of hydrogen-bond acceptors (Lipinski definition) is 1. The van der Waals surface area contributed by atoms with Gasteiger partial charge in [-0.15, -0.1) is 0 Å². The zero-order valence-corrected chi connectivity index (χ0v) is 21.3. The van der Waals surface area contributed by atoms with E-state index in [2.05, 4.69) is 69.3 Å². The summed E-state index contributed by atoms with van der Waals surface area (Å²) in [4.78, 5) is 0. The van der Waals surface area contributed by atoms with Gasteiger partial charge in [0.05, 0.1) is 0 Å². The fourth-order valence-electron chi connectivity index (χ4n) is 2.23. The molecule has 144 valence electrons. The van der Waals surface area contributed by atoms with Gasteiger partial charge in [-0.1, -0.05) is 0 Å². The molecule has 0 spiro atoms. The van der Waals surface area contributed by atoms with E-state index in [4.69, 9.17) is 14.2 Å². The van der Waals surface area contributed by atoms with E-state index >= 15 is 0 Å². The van der Waals surface area contributed by atoms with Gasteiger partial charge >= 0.3 is 157 Å². The number of hydrogen-bond donors (Lipinski definition) is 0. The van der Waals surface area contributed by atoms with E-state index in [1.807, 2.05) is 12.1 Å². The number of halogens is 1. The van der Waals surface area contributed by atoms with E-state index in [-0.39, 0.29) is 0 Å². The predicted molar refractivity (Wildman–Crippen MR) is 116 cm³/mol. The summed E-state index contributed by atoms with van der Waals surface area (Å²) < 4.78 is 9.42. The fraction of sp³-hybridized carbons (Fsp3) is 0.579. The van der Waals surface area contributed by atoms with Gasteiger partial charge in [-0.05, 0) is 0 Å². The van der Waals surface area contributed by atoms with E-state index in [1.165, 1.54) is 12.8 Å². The number of benzene rings is 1. The van der Waals surface area contributed by atoms with Crippen molar-refractivity contribution in [3.05, 3.63) is 29.8 Å². The number of ether oxygens (including phenoxy) is 1. The van der Waals surface area contributed by atoms with Gasteiger partial charge in [-0.2, -0.15) is 0 Å². The summed E-state index contributed by atoms with van der Waals surface area (Å²) in [5, 5.41) is -2.85. The van der Waals surface area contributed by atoms with E-state index in [0.717, 1.165) is 24.3 Å². The van der Waals surface area contributed by atoms with Crippen LogP contribution in [0.4, 0.5) is 0 Å². The average Bonchev–Trinajstić information content (AvgIpc) is 2.48. The second-order valence-corrected chi connectivity index (χ2v) is 56.1. The fourth-order valence-corrected chi connectivity index (χ4v) is 61.1. The van der Waals surface area contributed by atoms with Crippen molar-refractivity contribution in [1.29, 1.82) is 0 Å². The molecular weight excluding hydrogens is 537 g/mol. The zero-order chi connectivity index (χ0) is 18.4. The maximum atomic E-state index is 7.28. The van der Waals surface area contributed by atoms with Gasteiger partial charge in [0.2, 0.25) is 0 Å². The SMILES string of the molecule is CCCCCOc1ccc(C#[C][Pt]([Cl])([PH](C)(C)C)[PH](C)(C)C)cc1. The molecule has 1 rings (SSSR count). The zero-order valence-electron chi connectivity index (χ0n) is 16.2. The molecule has 0 amide bonds. The molecule has 0 heterocycles. The molecule has 0 fully saturated rings. The van der Waals surface area contributed by atoms with Crippen molar-refractivity contribution < 1.29 is 18.7 Å². The molecular formula is C19H35ClOP2Pt. The molecule has 0 bridgehead atoms. The summed E-state index contributed by atoms with van der Waals surface area (Å²) in [7, 11) is 7.28. The number of unbranched alkanes of at least 4 members (excludes halogenated alkanes) is 2. The van der Waals surface area contributed by atoms with Crippen molar-refractivity contribution in [3.8, 4) is 16.0 Å². The van der Waals surface area contributed by atoms with Crippen molar-refractivity contribution in [2.24, 2.45) is 0 Å². The van der Waals surface area contributed by atoms with E-state index < -0.39 is 24.7 Å². The van der Waals surface area contributed by atoms with Crippen LogP contribution in [0.3, 0.4) is 0 Å². The first-order chi connectivity index (χ1) is 11.0. The van der Waals surface area contributed by atoms with Gasteiger partial charge in [0.25, 0.3) is 0 Å². The molecule has 24 heavy (non-hydrogen) atoms. The van der Waals surface area contributed by atoms with Crippen molar-refractivity contribution in [3.63, 3.8) is 0 Å². The Balaban J connectivity index is 2.88. The van der Waals surface area contributed by atoms with Gasteiger partial charge in [-0.25, -0.2) is 0 Å². The first kappa shape index (κ1) is 22.5. The van der Waals surface area contributed by atoms with Gasteiger partial charge in [0, 0.05) is 0 Å². The Bertz CT molecular complexity index is 563. The van der Waals surface area contributed by atoms with E-state index in [0.29, 0.717) is 0 Å². The first-order valence-corrected chi connectivity index (χ1v) is 26.0. The monoisotopic (exact) mass is 571 g/mol. The van der Waals surface area contributed by atoms with Gasteiger partial charge in [0.15, 0.2) is 0 Å². The third-order valence-corrected chi connectivity index (χ3v) is 78.0. The molecule has 0 aromatic heterocycles. The third-order valence-electron chi connectivity index (χ3n) is 3.47. The Kier molecular flexibility index (Phi) is 8.78. The van der Waals surface area contributed by atoms with Gasteiger partial charge in [-0.3, -0.25) is 0 Å². The first-order valence-electron chi connectivity index (χ1n) is 8.62. The van der Waals surface area contributed by atoms with Crippen molar-refractivity contribution in [2.45, 2.75) is 26.2 Å². The molecule has 5 heteroatoms. The van der Waals surface area contributed by atoms with E-state index in [9.17, 15) is 0 Å². The van der Waals surface area contributed by atoms with Crippen LogP contribution in [0.1, 0.15) is 31.7 Å². The van der Waals surface area contributed by atoms with Crippen molar-refractivity contribution in [2.75, 3.05) is 46.6 Å². The molecule has 0 N–H and O–H groups in total. The molecule has 0 aliphatic heterocycles. The third kappa shape index (κ3) is 6.30. The van der Waals surface area contributed by atoms with Crippen LogP contribution in [-0.4, -0.2) is 46.6 Å². The van der Waals surface area contributed by atoms with Crippen LogP contribution in [0.5, 0.6) is 5.75 Å². The van der Waals surface area contributed by atoms with Gasteiger partial charge < -0.3 is 0 Å². The minimum atomic E-state index is -2.53. The molecule has 0 unspecified atom stereocenters. The van der Waals surface area contributed by atoms with Crippen molar-refractivity contribution >= 4 is 20.1 Å². The molecule has 0 aliphatic rings. The summed E-state index contributed by atoms with van der Waals surface area (Å²) in [6.45, 7) is 17.4. The van der Waals surface area contributed by atoms with Crippen LogP contribution in [0, 0.1) is 10.2 Å². The maximum absolute atomic E-state index is 7.28.